The minimum Gasteiger partial charge on any atom is -0.491 e. The first kappa shape index (κ1) is 36.2. The first-order chi connectivity index (χ1) is 24.6. The minimum absolute atomic E-state index is 0.0214. The Morgan fingerprint density at radius 2 is 1.76 bits per heavy atom. The lowest BCUT2D eigenvalue weighted by atomic mass is 9.78. The van der Waals surface area contributed by atoms with Crippen molar-refractivity contribution < 1.29 is 38.4 Å². The topological polar surface area (TPSA) is 118 Å². The average Bonchev–Trinajstić information content (AvgIpc) is 3.96. The van der Waals surface area contributed by atoms with E-state index in [1.807, 2.05) is 80.3 Å². The number of hydrogen-bond donors (Lipinski definition) is 1. The molecule has 2 aliphatic heterocycles. The highest BCUT2D eigenvalue weighted by Crippen LogP contribution is 2.43. The summed E-state index contributed by atoms with van der Waals surface area (Å²) in [5.41, 5.74) is 3.73. The smallest absolute Gasteiger partial charge is 0.410 e. The standard InChI is InChI=1S/C40H49N3O8/c1-40(2,3)51-39(47)41-19-17-33(29-8-5-7-28(23-29)27-9-14-32(15-10-27)49-22-20-44)34(25-41)38(46)43(30-11-12-30)31-13-16-36-35(24-31)42(18-6-21-48-4)37(45)26-50-36/h5,7-10,13-16,23-24,30,33-34,44H,6,11-12,17-22,25-26H2,1-4H3/t33-,34+/m1/s1. The molecule has 51 heavy (non-hydrogen) atoms. The number of amides is 3. The van der Waals surface area contributed by atoms with Gasteiger partial charge in [-0.2, -0.15) is 0 Å². The molecule has 3 aromatic rings. The molecule has 2 heterocycles. The van der Waals surface area contributed by atoms with Gasteiger partial charge in [0.15, 0.2) is 6.61 Å². The molecular formula is C40H49N3O8. The number of aliphatic hydroxyl groups is 1. The minimum atomic E-state index is -0.668. The Bertz CT molecular complexity index is 1700. The van der Waals surface area contributed by atoms with Crippen molar-refractivity contribution in [3.63, 3.8) is 0 Å². The average molecular weight is 700 g/mol. The molecule has 1 aliphatic carbocycles. The summed E-state index contributed by atoms with van der Waals surface area (Å²) in [5, 5.41) is 9.10. The van der Waals surface area contributed by atoms with Crippen LogP contribution >= 0.6 is 0 Å². The van der Waals surface area contributed by atoms with Crippen LogP contribution in [0.5, 0.6) is 11.5 Å². The number of benzene rings is 3. The predicted molar refractivity (Wildman–Crippen MR) is 194 cm³/mol. The molecule has 6 rings (SSSR count). The molecule has 3 amide bonds. The number of methoxy groups -OCH3 is 1. The fourth-order valence-corrected chi connectivity index (χ4v) is 6.93. The highest BCUT2D eigenvalue weighted by atomic mass is 16.6. The second kappa shape index (κ2) is 15.7. The maximum absolute atomic E-state index is 15.0. The van der Waals surface area contributed by atoms with Gasteiger partial charge in [0.25, 0.3) is 5.91 Å². The van der Waals surface area contributed by atoms with E-state index in [2.05, 4.69) is 12.1 Å². The van der Waals surface area contributed by atoms with Crippen molar-refractivity contribution in [2.24, 2.45) is 5.92 Å². The molecule has 11 heteroatoms. The number of rotatable bonds is 12. The van der Waals surface area contributed by atoms with Crippen LogP contribution in [0.3, 0.4) is 0 Å². The lowest BCUT2D eigenvalue weighted by Gasteiger charge is -2.41. The molecule has 0 spiro atoms. The summed E-state index contributed by atoms with van der Waals surface area (Å²) < 4.78 is 22.3. The molecule has 0 unspecified atom stereocenters. The number of anilines is 2. The lowest BCUT2D eigenvalue weighted by Crippen LogP contribution is -2.51. The van der Waals surface area contributed by atoms with Crippen molar-refractivity contribution in [3.05, 3.63) is 72.3 Å². The van der Waals surface area contributed by atoms with Crippen LogP contribution in [-0.4, -0.2) is 92.7 Å². The quantitative estimate of drug-likeness (QED) is 0.228. The van der Waals surface area contributed by atoms with Gasteiger partial charge in [-0.1, -0.05) is 36.4 Å². The molecule has 0 aromatic heterocycles. The first-order valence-corrected chi connectivity index (χ1v) is 17.9. The number of carbonyl (C=O) groups is 3. The monoisotopic (exact) mass is 699 g/mol. The third kappa shape index (κ3) is 8.65. The van der Waals surface area contributed by atoms with E-state index in [0.717, 1.165) is 29.5 Å². The Morgan fingerprint density at radius 3 is 2.47 bits per heavy atom. The van der Waals surface area contributed by atoms with Gasteiger partial charge in [-0.25, -0.2) is 4.79 Å². The van der Waals surface area contributed by atoms with Crippen molar-refractivity contribution in [1.29, 1.82) is 0 Å². The van der Waals surface area contributed by atoms with Gasteiger partial charge in [0.2, 0.25) is 5.91 Å². The van der Waals surface area contributed by atoms with Crippen LogP contribution in [0.25, 0.3) is 11.1 Å². The summed E-state index contributed by atoms with van der Waals surface area (Å²) in [4.78, 5) is 46.6. The highest BCUT2D eigenvalue weighted by molar-refractivity contribution is 6.01. The number of nitrogens with zero attached hydrogens (tertiary/aromatic N) is 3. The predicted octanol–water partition coefficient (Wildman–Crippen LogP) is 6.02. The van der Waals surface area contributed by atoms with Crippen molar-refractivity contribution in [3.8, 4) is 22.6 Å². The summed E-state index contributed by atoms with van der Waals surface area (Å²) in [5.74, 6) is 0.407. The fraction of sp³-hybridized carbons (Fsp3) is 0.475. The zero-order valence-electron chi connectivity index (χ0n) is 30.0. The van der Waals surface area contributed by atoms with Crippen LogP contribution < -0.4 is 19.3 Å². The second-order valence-electron chi connectivity index (χ2n) is 14.4. The molecule has 1 N–H and O–H groups in total. The van der Waals surface area contributed by atoms with Crippen LogP contribution in [0.1, 0.15) is 57.9 Å². The largest absolute Gasteiger partial charge is 0.491 e. The van der Waals surface area contributed by atoms with Gasteiger partial charge in [0, 0.05) is 45.1 Å². The number of likely N-dealkylation sites (tertiary alicyclic amines) is 1. The van der Waals surface area contributed by atoms with Gasteiger partial charge in [-0.15, -0.1) is 0 Å². The van der Waals surface area contributed by atoms with Crippen LogP contribution in [0, 0.1) is 5.92 Å². The maximum atomic E-state index is 15.0. The molecule has 3 aliphatic rings. The fourth-order valence-electron chi connectivity index (χ4n) is 6.93. The van der Waals surface area contributed by atoms with E-state index in [4.69, 9.17) is 24.1 Å². The molecule has 272 valence electrons. The number of fused-ring (bicyclic) bond motifs is 1. The van der Waals surface area contributed by atoms with Crippen LogP contribution in [0.15, 0.2) is 66.7 Å². The van der Waals surface area contributed by atoms with Crippen molar-refractivity contribution >= 4 is 29.3 Å². The van der Waals surface area contributed by atoms with E-state index in [9.17, 15) is 9.59 Å². The van der Waals surface area contributed by atoms with Crippen molar-refractivity contribution in [1.82, 2.24) is 4.90 Å². The molecule has 0 bridgehead atoms. The van der Waals surface area contributed by atoms with Gasteiger partial charge < -0.3 is 38.8 Å². The summed E-state index contributed by atoms with van der Waals surface area (Å²) in [7, 11) is 1.64. The summed E-state index contributed by atoms with van der Waals surface area (Å²) >= 11 is 0. The van der Waals surface area contributed by atoms with Crippen molar-refractivity contribution in [2.45, 2.75) is 64.0 Å². The Kier molecular flexibility index (Phi) is 11.2. The second-order valence-corrected chi connectivity index (χ2v) is 14.4. The first-order valence-electron chi connectivity index (χ1n) is 17.9. The highest BCUT2D eigenvalue weighted by Gasteiger charge is 2.44. The van der Waals surface area contributed by atoms with E-state index in [-0.39, 0.29) is 50.1 Å². The van der Waals surface area contributed by atoms with Gasteiger partial charge in [-0.3, -0.25) is 9.59 Å². The SMILES string of the molecule is COCCCN1C(=O)COc2ccc(N(C(=O)[C@H]3CN(C(=O)OC(C)(C)C)CC[C@@H]3c3cccc(-c4ccc(OCCO)cc4)c3)C3CC3)cc21. The van der Waals surface area contributed by atoms with Gasteiger partial charge in [-0.05, 0) is 99.4 Å². The molecule has 11 nitrogen and oxygen atoms in total. The number of hydrogen-bond acceptors (Lipinski definition) is 8. The third-order valence-electron chi connectivity index (χ3n) is 9.49. The summed E-state index contributed by atoms with van der Waals surface area (Å²) in [6.07, 6.45) is 2.57. The third-order valence-corrected chi connectivity index (χ3v) is 9.49. The summed E-state index contributed by atoms with van der Waals surface area (Å²) in [6.45, 7) is 7.36. The Balaban J connectivity index is 1.33. The maximum Gasteiger partial charge on any atom is 0.410 e. The number of aliphatic hydroxyl groups excluding tert-OH is 1. The Labute approximate surface area is 300 Å². The Morgan fingerprint density at radius 1 is 0.980 bits per heavy atom. The molecule has 1 saturated heterocycles. The Hall–Kier alpha value is -4.61. The van der Waals surface area contributed by atoms with E-state index in [1.165, 1.54) is 0 Å². The molecule has 0 radical (unpaired) electrons. The van der Waals surface area contributed by atoms with Gasteiger partial charge in [0.1, 0.15) is 23.7 Å². The molecule has 2 atom stereocenters. The number of ether oxygens (including phenoxy) is 4. The lowest BCUT2D eigenvalue weighted by molar-refractivity contribution is -0.124. The van der Waals surface area contributed by atoms with E-state index >= 15 is 4.79 Å². The number of piperidine rings is 1. The van der Waals surface area contributed by atoms with Crippen LogP contribution in [-0.2, 0) is 19.1 Å². The molecule has 2 fully saturated rings. The van der Waals surface area contributed by atoms with Crippen molar-refractivity contribution in [2.75, 3.05) is 63.0 Å². The van der Waals surface area contributed by atoms with Crippen LogP contribution in [0.4, 0.5) is 16.2 Å². The normalized spacial score (nSPS) is 18.9. The van der Waals surface area contributed by atoms with E-state index < -0.39 is 17.6 Å². The van der Waals surface area contributed by atoms with Crippen LogP contribution in [0.2, 0.25) is 0 Å². The molecule has 3 aromatic carbocycles. The zero-order valence-corrected chi connectivity index (χ0v) is 30.0. The summed E-state index contributed by atoms with van der Waals surface area (Å²) in [6, 6.07) is 21.7. The zero-order chi connectivity index (χ0) is 36.1. The number of carbonyl (C=O) groups excluding carboxylic acids is 3. The molecular weight excluding hydrogens is 650 g/mol. The van der Waals surface area contributed by atoms with Gasteiger partial charge >= 0.3 is 6.09 Å². The van der Waals surface area contributed by atoms with Gasteiger partial charge in [0.05, 0.1) is 18.2 Å². The van der Waals surface area contributed by atoms with E-state index in [1.54, 1.807) is 16.9 Å². The van der Waals surface area contributed by atoms with E-state index in [0.29, 0.717) is 55.4 Å². The molecule has 1 saturated carbocycles.